The van der Waals surface area contributed by atoms with E-state index in [2.05, 4.69) is 32.1 Å². The summed E-state index contributed by atoms with van der Waals surface area (Å²) in [5.41, 5.74) is 6.48. The van der Waals surface area contributed by atoms with Crippen molar-refractivity contribution in [2.75, 3.05) is 11.9 Å². The molecule has 0 aliphatic heterocycles. The number of nitrogens with one attached hydrogen (secondary N) is 3. The van der Waals surface area contributed by atoms with Gasteiger partial charge in [0.05, 0.1) is 0 Å². The van der Waals surface area contributed by atoms with E-state index in [1.165, 1.54) is 0 Å². The first-order valence-corrected chi connectivity index (χ1v) is 9.92. The Bertz CT molecular complexity index is 882. The predicted octanol–water partition coefficient (Wildman–Crippen LogP) is 3.58. The summed E-state index contributed by atoms with van der Waals surface area (Å²) in [5, 5.41) is 2.77. The lowest BCUT2D eigenvalue weighted by molar-refractivity contribution is -0.123. The molecule has 2 rings (SSSR count). The lowest BCUT2D eigenvalue weighted by Gasteiger charge is -2.11. The zero-order valence-corrected chi connectivity index (χ0v) is 18.1. The minimum absolute atomic E-state index is 0.0783. The van der Waals surface area contributed by atoms with E-state index in [-0.39, 0.29) is 18.4 Å². The van der Waals surface area contributed by atoms with E-state index in [1.54, 1.807) is 30.3 Å². The minimum Gasteiger partial charge on any atom is -0.483 e. The van der Waals surface area contributed by atoms with Crippen molar-refractivity contribution in [1.82, 2.24) is 10.9 Å². The molecule has 0 fully saturated rings. The molecule has 0 atom stereocenters. The number of carbonyl (C=O) groups excluding carboxylic acids is 3. The highest BCUT2D eigenvalue weighted by Crippen LogP contribution is 2.21. The van der Waals surface area contributed by atoms with Crippen molar-refractivity contribution >= 4 is 39.3 Å². The summed E-state index contributed by atoms with van der Waals surface area (Å²) < 4.78 is 6.37. The molecule has 0 bridgehead atoms. The topological polar surface area (TPSA) is 96.5 Å². The Kier molecular flexibility index (Phi) is 8.21. The first-order valence-electron chi connectivity index (χ1n) is 9.12. The van der Waals surface area contributed by atoms with Gasteiger partial charge in [-0.3, -0.25) is 25.2 Å². The van der Waals surface area contributed by atoms with Crippen molar-refractivity contribution in [2.24, 2.45) is 5.92 Å². The van der Waals surface area contributed by atoms with Crippen molar-refractivity contribution in [1.29, 1.82) is 0 Å². The van der Waals surface area contributed by atoms with Gasteiger partial charge in [-0.05, 0) is 60.9 Å². The lowest BCUT2D eigenvalue weighted by atomic mass is 10.1. The van der Waals surface area contributed by atoms with Crippen LogP contribution in [0.2, 0.25) is 0 Å². The summed E-state index contributed by atoms with van der Waals surface area (Å²) in [5.74, 6) is -0.188. The van der Waals surface area contributed by atoms with E-state index >= 15 is 0 Å². The van der Waals surface area contributed by atoms with Gasteiger partial charge in [0.1, 0.15) is 5.75 Å². The molecule has 7 nitrogen and oxygen atoms in total. The average Bonchev–Trinajstić information content (AvgIpc) is 2.65. The summed E-state index contributed by atoms with van der Waals surface area (Å²) >= 11 is 3.36. The van der Waals surface area contributed by atoms with Crippen molar-refractivity contribution in [3.8, 4) is 5.75 Å². The molecule has 8 heteroatoms. The predicted molar refractivity (Wildman–Crippen MR) is 115 cm³/mol. The summed E-state index contributed by atoms with van der Waals surface area (Å²) in [4.78, 5) is 35.8. The number of amides is 3. The van der Waals surface area contributed by atoms with Crippen molar-refractivity contribution in [2.45, 2.75) is 27.2 Å². The van der Waals surface area contributed by atoms with E-state index < -0.39 is 11.8 Å². The molecule has 0 radical (unpaired) electrons. The minimum atomic E-state index is -0.488. The third kappa shape index (κ3) is 7.57. The molecule has 0 aliphatic carbocycles. The van der Waals surface area contributed by atoms with Crippen LogP contribution in [0.3, 0.4) is 0 Å². The maximum Gasteiger partial charge on any atom is 0.276 e. The maximum atomic E-state index is 12.1. The zero-order valence-electron chi connectivity index (χ0n) is 16.5. The molecule has 0 spiro atoms. The normalized spacial score (nSPS) is 10.4. The Morgan fingerprint density at radius 3 is 2.31 bits per heavy atom. The molecule has 0 saturated heterocycles. The van der Waals surface area contributed by atoms with Crippen LogP contribution in [0, 0.1) is 12.8 Å². The number of halogens is 1. The molecule has 0 aromatic heterocycles. The standard InChI is InChI=1S/C21H24BrN3O4/c1-13(2)10-19(26)23-17-7-4-15(5-8-17)21(28)25-24-20(27)12-29-18-9-6-16(22)11-14(18)3/h4-9,11,13H,10,12H2,1-3H3,(H,23,26)(H,24,27)(H,25,28). The second-order valence-electron chi connectivity index (χ2n) is 6.92. The van der Waals surface area contributed by atoms with E-state index in [0.717, 1.165) is 10.0 Å². The zero-order chi connectivity index (χ0) is 21.4. The molecule has 0 unspecified atom stereocenters. The fourth-order valence-corrected chi connectivity index (χ4v) is 2.92. The van der Waals surface area contributed by atoms with Crippen molar-refractivity contribution < 1.29 is 19.1 Å². The smallest absolute Gasteiger partial charge is 0.276 e. The Morgan fingerprint density at radius 1 is 1.00 bits per heavy atom. The summed E-state index contributed by atoms with van der Waals surface area (Å²) in [7, 11) is 0. The van der Waals surface area contributed by atoms with Crippen molar-refractivity contribution in [3.05, 3.63) is 58.1 Å². The highest BCUT2D eigenvalue weighted by Gasteiger charge is 2.10. The van der Waals surface area contributed by atoms with Gasteiger partial charge in [0.25, 0.3) is 11.8 Å². The summed E-state index contributed by atoms with van der Waals surface area (Å²) in [6, 6.07) is 11.8. The van der Waals surface area contributed by atoms with Gasteiger partial charge in [-0.25, -0.2) is 0 Å². The fraction of sp³-hybridized carbons (Fsp3) is 0.286. The summed E-state index contributed by atoms with van der Waals surface area (Å²) in [6.07, 6.45) is 0.427. The molecule has 2 aromatic rings. The molecule has 154 valence electrons. The number of anilines is 1. The lowest BCUT2D eigenvalue weighted by Crippen LogP contribution is -2.43. The van der Waals surface area contributed by atoms with Crippen LogP contribution in [-0.2, 0) is 9.59 Å². The average molecular weight is 462 g/mol. The van der Waals surface area contributed by atoms with E-state index in [0.29, 0.717) is 23.4 Å². The third-order valence-corrected chi connectivity index (χ3v) is 4.33. The molecule has 2 aromatic carbocycles. The fourth-order valence-electron chi connectivity index (χ4n) is 2.44. The van der Waals surface area contributed by atoms with Crippen molar-refractivity contribution in [3.63, 3.8) is 0 Å². The van der Waals surface area contributed by atoms with E-state index in [4.69, 9.17) is 4.74 Å². The molecule has 0 saturated carbocycles. The van der Waals surface area contributed by atoms with Gasteiger partial charge in [0.2, 0.25) is 5.91 Å². The van der Waals surface area contributed by atoms with Gasteiger partial charge in [0.15, 0.2) is 6.61 Å². The van der Waals surface area contributed by atoms with Crippen LogP contribution in [0.25, 0.3) is 0 Å². The first-order chi connectivity index (χ1) is 13.7. The van der Waals surface area contributed by atoms with Gasteiger partial charge in [0, 0.05) is 22.1 Å². The van der Waals surface area contributed by atoms with Crippen LogP contribution in [0.15, 0.2) is 46.9 Å². The van der Waals surface area contributed by atoms with Gasteiger partial charge >= 0.3 is 0 Å². The highest BCUT2D eigenvalue weighted by molar-refractivity contribution is 9.10. The number of rotatable bonds is 7. The molecule has 0 heterocycles. The Balaban J connectivity index is 1.79. The number of ether oxygens (including phenoxy) is 1. The van der Waals surface area contributed by atoms with Crippen LogP contribution < -0.4 is 20.9 Å². The number of hydrogen-bond acceptors (Lipinski definition) is 4. The first kappa shape index (κ1) is 22.4. The SMILES string of the molecule is Cc1cc(Br)ccc1OCC(=O)NNC(=O)c1ccc(NC(=O)CC(C)C)cc1. The molecule has 3 amide bonds. The Hall–Kier alpha value is -2.87. The number of benzene rings is 2. The molecule has 3 N–H and O–H groups in total. The maximum absolute atomic E-state index is 12.1. The second kappa shape index (κ2) is 10.6. The van der Waals surface area contributed by atoms with Gasteiger partial charge in [-0.1, -0.05) is 29.8 Å². The monoisotopic (exact) mass is 461 g/mol. The Morgan fingerprint density at radius 2 is 1.69 bits per heavy atom. The quantitative estimate of drug-likeness (QED) is 0.548. The number of carbonyl (C=O) groups is 3. The molecule has 29 heavy (non-hydrogen) atoms. The van der Waals surface area contributed by atoms with Gasteiger partial charge < -0.3 is 10.1 Å². The van der Waals surface area contributed by atoms with E-state index in [9.17, 15) is 14.4 Å². The number of hydrazine groups is 1. The second-order valence-corrected chi connectivity index (χ2v) is 7.84. The Labute approximate surface area is 178 Å². The van der Waals surface area contributed by atoms with Crippen LogP contribution >= 0.6 is 15.9 Å². The number of aryl methyl sites for hydroxylation is 1. The summed E-state index contributed by atoms with van der Waals surface area (Å²) in [6.45, 7) is 5.57. The van der Waals surface area contributed by atoms with Crippen LogP contribution in [0.1, 0.15) is 36.2 Å². The molecular weight excluding hydrogens is 438 g/mol. The largest absolute Gasteiger partial charge is 0.483 e. The van der Waals surface area contributed by atoms with Gasteiger partial charge in [-0.15, -0.1) is 0 Å². The number of hydrogen-bond donors (Lipinski definition) is 3. The highest BCUT2D eigenvalue weighted by atomic mass is 79.9. The van der Waals surface area contributed by atoms with Crippen LogP contribution in [0.4, 0.5) is 5.69 Å². The van der Waals surface area contributed by atoms with E-state index in [1.807, 2.05) is 32.9 Å². The molecular formula is C21H24BrN3O4. The molecule has 0 aliphatic rings. The van der Waals surface area contributed by atoms with Crippen LogP contribution in [0.5, 0.6) is 5.75 Å². The third-order valence-electron chi connectivity index (χ3n) is 3.84. The van der Waals surface area contributed by atoms with Gasteiger partial charge in [-0.2, -0.15) is 0 Å². The van der Waals surface area contributed by atoms with Crippen LogP contribution in [-0.4, -0.2) is 24.3 Å².